The van der Waals surface area contributed by atoms with Gasteiger partial charge in [0.2, 0.25) is 0 Å². The van der Waals surface area contributed by atoms with Gasteiger partial charge in [0.15, 0.2) is 17.6 Å². The topological polar surface area (TPSA) is 61.8 Å². The highest BCUT2D eigenvalue weighted by molar-refractivity contribution is 5.75. The monoisotopic (exact) mass is 332 g/mol. The minimum Gasteiger partial charge on any atom is -0.493 e. The molecule has 0 saturated heterocycles. The first-order valence-corrected chi connectivity index (χ1v) is 7.97. The molecule has 1 aromatic carbocycles. The highest BCUT2D eigenvalue weighted by Crippen LogP contribution is 2.28. The molecule has 24 heavy (non-hydrogen) atoms. The van der Waals surface area contributed by atoms with E-state index in [9.17, 15) is 9.59 Å². The summed E-state index contributed by atoms with van der Waals surface area (Å²) in [5.41, 5.74) is 0.963. The Bertz CT molecular complexity index is 624. The second-order valence-corrected chi connectivity index (χ2v) is 5.26. The van der Waals surface area contributed by atoms with Gasteiger partial charge in [0, 0.05) is 12.8 Å². The summed E-state index contributed by atoms with van der Waals surface area (Å²) in [5.74, 6) is 5.66. The standard InChI is InChI=1S/C19H24O5/c1-5-8-15(6-2)23-18(20)9-7-10-19(21)24-17-13-14(3)11-12-16(17)22-4/h11-13,15H,6-7,9-10H2,1-4H3. The Balaban J connectivity index is 2.42. The molecule has 0 fully saturated rings. The van der Waals surface area contributed by atoms with Gasteiger partial charge in [0.05, 0.1) is 7.11 Å². The molecule has 1 aromatic rings. The Morgan fingerprint density at radius 1 is 1.17 bits per heavy atom. The van der Waals surface area contributed by atoms with E-state index in [2.05, 4.69) is 11.8 Å². The molecule has 1 rings (SSSR count). The Labute approximate surface area is 143 Å². The van der Waals surface area contributed by atoms with Crippen LogP contribution in [0.2, 0.25) is 0 Å². The summed E-state index contributed by atoms with van der Waals surface area (Å²) >= 11 is 0. The minimum atomic E-state index is -0.410. The van der Waals surface area contributed by atoms with E-state index in [-0.39, 0.29) is 24.9 Å². The molecular formula is C19H24O5. The zero-order valence-electron chi connectivity index (χ0n) is 14.7. The highest BCUT2D eigenvalue weighted by atomic mass is 16.6. The van der Waals surface area contributed by atoms with E-state index >= 15 is 0 Å². The number of methoxy groups -OCH3 is 1. The molecule has 0 heterocycles. The van der Waals surface area contributed by atoms with Crippen LogP contribution in [0.4, 0.5) is 0 Å². The summed E-state index contributed by atoms with van der Waals surface area (Å²) in [4.78, 5) is 23.6. The number of esters is 2. The largest absolute Gasteiger partial charge is 0.493 e. The molecule has 0 N–H and O–H groups in total. The fraction of sp³-hybridized carbons (Fsp3) is 0.474. The van der Waals surface area contributed by atoms with Gasteiger partial charge in [-0.1, -0.05) is 18.9 Å². The number of hydrogen-bond donors (Lipinski definition) is 0. The van der Waals surface area contributed by atoms with E-state index in [1.165, 1.54) is 7.11 Å². The summed E-state index contributed by atoms with van der Waals surface area (Å²) in [6.45, 7) is 5.50. The Hall–Kier alpha value is -2.48. The van der Waals surface area contributed by atoms with Gasteiger partial charge in [-0.15, -0.1) is 5.92 Å². The number of hydrogen-bond acceptors (Lipinski definition) is 5. The Morgan fingerprint density at radius 2 is 1.88 bits per heavy atom. The third kappa shape index (κ3) is 6.74. The van der Waals surface area contributed by atoms with Crippen LogP contribution >= 0.6 is 0 Å². The molecule has 0 aromatic heterocycles. The van der Waals surface area contributed by atoms with Crippen molar-refractivity contribution in [2.75, 3.05) is 7.11 Å². The molecule has 5 heteroatoms. The van der Waals surface area contributed by atoms with Crippen LogP contribution in [0.15, 0.2) is 18.2 Å². The van der Waals surface area contributed by atoms with Crippen molar-refractivity contribution in [3.8, 4) is 23.3 Å². The summed E-state index contributed by atoms with van der Waals surface area (Å²) in [6, 6.07) is 5.35. The summed E-state index contributed by atoms with van der Waals surface area (Å²) in [7, 11) is 1.52. The molecule has 130 valence electrons. The molecule has 0 aliphatic heterocycles. The number of benzene rings is 1. The Kier molecular flexibility index (Phi) is 8.42. The van der Waals surface area contributed by atoms with Crippen LogP contribution in [-0.4, -0.2) is 25.2 Å². The first kappa shape index (κ1) is 19.6. The Morgan fingerprint density at radius 3 is 2.50 bits per heavy atom. The van der Waals surface area contributed by atoms with Crippen molar-refractivity contribution in [1.82, 2.24) is 0 Å². The van der Waals surface area contributed by atoms with E-state index < -0.39 is 5.97 Å². The highest BCUT2D eigenvalue weighted by Gasteiger charge is 2.13. The fourth-order valence-electron chi connectivity index (χ4n) is 2.01. The lowest BCUT2D eigenvalue weighted by Gasteiger charge is -2.11. The molecule has 0 saturated carbocycles. The van der Waals surface area contributed by atoms with Crippen LogP contribution < -0.4 is 9.47 Å². The molecule has 5 nitrogen and oxygen atoms in total. The van der Waals surface area contributed by atoms with Gasteiger partial charge in [-0.2, -0.15) is 0 Å². The summed E-state index contributed by atoms with van der Waals surface area (Å²) in [6.07, 6.45) is 0.902. The molecule has 1 unspecified atom stereocenters. The molecule has 0 spiro atoms. The lowest BCUT2D eigenvalue weighted by molar-refractivity contribution is -0.146. The number of aryl methyl sites for hydroxylation is 1. The number of carbonyl (C=O) groups excluding carboxylic acids is 2. The normalized spacial score (nSPS) is 11.0. The maximum Gasteiger partial charge on any atom is 0.311 e. The molecular weight excluding hydrogens is 308 g/mol. The lowest BCUT2D eigenvalue weighted by atomic mass is 10.2. The molecule has 0 aliphatic carbocycles. The first-order chi connectivity index (χ1) is 11.5. The number of rotatable bonds is 8. The predicted octanol–water partition coefficient (Wildman–Crippen LogP) is 3.42. The van der Waals surface area contributed by atoms with E-state index in [4.69, 9.17) is 14.2 Å². The predicted molar refractivity (Wildman–Crippen MR) is 90.8 cm³/mol. The zero-order valence-corrected chi connectivity index (χ0v) is 14.7. The quantitative estimate of drug-likeness (QED) is 0.415. The average molecular weight is 332 g/mol. The second-order valence-electron chi connectivity index (χ2n) is 5.26. The van der Waals surface area contributed by atoms with Crippen molar-refractivity contribution >= 4 is 11.9 Å². The maximum absolute atomic E-state index is 11.9. The van der Waals surface area contributed by atoms with Gasteiger partial charge in [0.1, 0.15) is 0 Å². The van der Waals surface area contributed by atoms with Gasteiger partial charge < -0.3 is 14.2 Å². The van der Waals surface area contributed by atoms with Crippen molar-refractivity contribution in [1.29, 1.82) is 0 Å². The molecule has 1 atom stereocenters. The van der Waals surface area contributed by atoms with Crippen LogP contribution in [0.3, 0.4) is 0 Å². The van der Waals surface area contributed by atoms with Crippen LogP contribution in [0, 0.1) is 18.8 Å². The lowest BCUT2D eigenvalue weighted by Crippen LogP contribution is -2.16. The van der Waals surface area contributed by atoms with Crippen molar-refractivity contribution in [2.24, 2.45) is 0 Å². The third-order valence-corrected chi connectivity index (χ3v) is 3.25. The third-order valence-electron chi connectivity index (χ3n) is 3.25. The number of carbonyl (C=O) groups is 2. The molecule has 0 bridgehead atoms. The van der Waals surface area contributed by atoms with Gasteiger partial charge in [-0.05, 0) is 44.4 Å². The van der Waals surface area contributed by atoms with Gasteiger partial charge >= 0.3 is 11.9 Å². The smallest absolute Gasteiger partial charge is 0.311 e. The van der Waals surface area contributed by atoms with E-state index in [1.54, 1.807) is 19.1 Å². The van der Waals surface area contributed by atoms with Crippen LogP contribution in [0.25, 0.3) is 0 Å². The van der Waals surface area contributed by atoms with E-state index in [1.807, 2.05) is 19.9 Å². The van der Waals surface area contributed by atoms with Crippen LogP contribution in [0.1, 0.15) is 45.1 Å². The molecule has 0 radical (unpaired) electrons. The van der Waals surface area contributed by atoms with Crippen LogP contribution in [0.5, 0.6) is 11.5 Å². The zero-order chi connectivity index (χ0) is 17.9. The number of ether oxygens (including phenoxy) is 3. The van der Waals surface area contributed by atoms with E-state index in [0.717, 1.165) is 5.56 Å². The molecule has 0 aliphatic rings. The second kappa shape index (κ2) is 10.3. The van der Waals surface area contributed by atoms with Crippen LogP contribution in [-0.2, 0) is 14.3 Å². The summed E-state index contributed by atoms with van der Waals surface area (Å²) in [5, 5.41) is 0. The molecule has 0 amide bonds. The first-order valence-electron chi connectivity index (χ1n) is 7.97. The SMILES string of the molecule is CC#CC(CC)OC(=O)CCCC(=O)Oc1cc(C)ccc1OC. The average Bonchev–Trinajstić information content (AvgIpc) is 2.54. The van der Waals surface area contributed by atoms with E-state index in [0.29, 0.717) is 24.3 Å². The van der Waals surface area contributed by atoms with Gasteiger partial charge in [-0.3, -0.25) is 9.59 Å². The van der Waals surface area contributed by atoms with Crippen molar-refractivity contribution in [3.05, 3.63) is 23.8 Å². The maximum atomic E-state index is 11.9. The van der Waals surface area contributed by atoms with Crippen molar-refractivity contribution in [2.45, 2.75) is 52.6 Å². The fourth-order valence-corrected chi connectivity index (χ4v) is 2.01. The van der Waals surface area contributed by atoms with Crippen molar-refractivity contribution < 1.29 is 23.8 Å². The van der Waals surface area contributed by atoms with Gasteiger partial charge in [0.25, 0.3) is 0 Å². The van der Waals surface area contributed by atoms with Crippen molar-refractivity contribution in [3.63, 3.8) is 0 Å². The summed E-state index contributed by atoms with van der Waals surface area (Å²) < 4.78 is 15.7. The minimum absolute atomic E-state index is 0.127. The van der Waals surface area contributed by atoms with Gasteiger partial charge in [-0.25, -0.2) is 0 Å².